The first-order valence-corrected chi connectivity index (χ1v) is 7.06. The number of halogens is 3. The van der Waals surface area contributed by atoms with Crippen LogP contribution in [0.3, 0.4) is 0 Å². The Morgan fingerprint density at radius 3 is 2.50 bits per heavy atom. The molecule has 0 bridgehead atoms. The van der Waals surface area contributed by atoms with E-state index in [1.165, 1.54) is 25.3 Å². The topological polar surface area (TPSA) is 47.6 Å². The van der Waals surface area contributed by atoms with E-state index >= 15 is 0 Å². The number of carbonyl (C=O) groups is 1. The summed E-state index contributed by atoms with van der Waals surface area (Å²) in [5.41, 5.74) is 1.45. The molecule has 24 heavy (non-hydrogen) atoms. The van der Waals surface area contributed by atoms with Crippen molar-refractivity contribution in [2.45, 2.75) is 19.8 Å². The van der Waals surface area contributed by atoms with Crippen LogP contribution in [-0.2, 0) is 6.54 Å². The minimum absolute atomic E-state index is 0.0960. The van der Waals surface area contributed by atoms with Gasteiger partial charge in [0.2, 0.25) is 0 Å². The van der Waals surface area contributed by atoms with Crippen molar-refractivity contribution in [2.75, 3.05) is 7.11 Å². The standard InChI is InChI=1S/C17H16F3NO3/c1-11-7-8-12(9-15(11)23-2)16(22)21-10-13-5-3-4-6-14(13)24-17(18,19)20/h3-9H,10H2,1-2H3,(H,21,22). The van der Waals surface area contributed by atoms with E-state index in [2.05, 4.69) is 10.1 Å². The van der Waals surface area contributed by atoms with Crippen molar-refractivity contribution in [1.82, 2.24) is 5.32 Å². The van der Waals surface area contributed by atoms with Gasteiger partial charge < -0.3 is 14.8 Å². The Balaban J connectivity index is 2.10. The molecule has 2 aromatic carbocycles. The Kier molecular flexibility index (Phi) is 5.33. The Morgan fingerprint density at radius 1 is 1.12 bits per heavy atom. The molecule has 0 radical (unpaired) electrons. The fourth-order valence-corrected chi connectivity index (χ4v) is 2.11. The van der Waals surface area contributed by atoms with Gasteiger partial charge in [0.05, 0.1) is 7.11 Å². The number of amides is 1. The van der Waals surface area contributed by atoms with E-state index in [-0.39, 0.29) is 17.9 Å². The first kappa shape index (κ1) is 17.7. The van der Waals surface area contributed by atoms with Gasteiger partial charge in [-0.05, 0) is 30.7 Å². The van der Waals surface area contributed by atoms with E-state index in [9.17, 15) is 18.0 Å². The molecule has 0 atom stereocenters. The van der Waals surface area contributed by atoms with Crippen LogP contribution in [0.25, 0.3) is 0 Å². The maximum absolute atomic E-state index is 12.4. The number of aryl methyl sites for hydroxylation is 1. The third-order valence-corrected chi connectivity index (χ3v) is 3.31. The molecule has 0 aromatic heterocycles. The normalized spacial score (nSPS) is 11.0. The predicted molar refractivity (Wildman–Crippen MR) is 82.0 cm³/mol. The van der Waals surface area contributed by atoms with E-state index in [0.29, 0.717) is 11.3 Å². The lowest BCUT2D eigenvalue weighted by Gasteiger charge is -2.14. The molecule has 0 aliphatic heterocycles. The lowest BCUT2D eigenvalue weighted by Crippen LogP contribution is -2.24. The number of nitrogens with one attached hydrogen (secondary N) is 1. The van der Waals surface area contributed by atoms with Gasteiger partial charge in [0.25, 0.3) is 5.91 Å². The molecule has 4 nitrogen and oxygen atoms in total. The molecular formula is C17H16F3NO3. The molecule has 0 saturated heterocycles. The highest BCUT2D eigenvalue weighted by atomic mass is 19.4. The van der Waals surface area contributed by atoms with E-state index in [0.717, 1.165) is 5.56 Å². The minimum Gasteiger partial charge on any atom is -0.496 e. The largest absolute Gasteiger partial charge is 0.573 e. The van der Waals surface area contributed by atoms with Gasteiger partial charge in [-0.2, -0.15) is 0 Å². The maximum atomic E-state index is 12.4. The number of carbonyl (C=O) groups excluding carboxylic acids is 1. The summed E-state index contributed by atoms with van der Waals surface area (Å²) in [6.45, 7) is 1.74. The molecule has 2 aromatic rings. The molecule has 0 spiro atoms. The molecule has 128 valence electrons. The zero-order valence-electron chi connectivity index (χ0n) is 13.1. The molecule has 1 N–H and O–H groups in total. The summed E-state index contributed by atoms with van der Waals surface area (Å²) in [7, 11) is 1.49. The Bertz CT molecular complexity index is 729. The van der Waals surface area contributed by atoms with Crippen molar-refractivity contribution >= 4 is 5.91 Å². The van der Waals surface area contributed by atoms with Gasteiger partial charge in [0.15, 0.2) is 0 Å². The first-order chi connectivity index (χ1) is 11.3. The molecule has 0 saturated carbocycles. The lowest BCUT2D eigenvalue weighted by atomic mass is 10.1. The summed E-state index contributed by atoms with van der Waals surface area (Å²) in [6.07, 6.45) is -4.79. The molecule has 7 heteroatoms. The molecule has 0 fully saturated rings. The number of hydrogen-bond donors (Lipinski definition) is 1. The lowest BCUT2D eigenvalue weighted by molar-refractivity contribution is -0.274. The summed E-state index contributed by atoms with van der Waals surface area (Å²) in [5.74, 6) is -0.203. The highest BCUT2D eigenvalue weighted by Gasteiger charge is 2.31. The molecule has 0 aliphatic carbocycles. The second-order valence-corrected chi connectivity index (χ2v) is 5.02. The number of rotatable bonds is 5. The fraction of sp³-hybridized carbons (Fsp3) is 0.235. The molecule has 1 amide bonds. The molecule has 0 unspecified atom stereocenters. The van der Waals surface area contributed by atoms with Crippen LogP contribution in [0.4, 0.5) is 13.2 Å². The smallest absolute Gasteiger partial charge is 0.496 e. The summed E-state index contributed by atoms with van der Waals surface area (Å²) in [4.78, 5) is 12.2. The van der Waals surface area contributed by atoms with Crippen LogP contribution in [0.1, 0.15) is 21.5 Å². The fourth-order valence-electron chi connectivity index (χ4n) is 2.11. The second-order valence-electron chi connectivity index (χ2n) is 5.02. The van der Waals surface area contributed by atoms with Crippen molar-refractivity contribution in [3.8, 4) is 11.5 Å². The Morgan fingerprint density at radius 2 is 1.83 bits per heavy atom. The van der Waals surface area contributed by atoms with E-state index in [4.69, 9.17) is 4.74 Å². The van der Waals surface area contributed by atoms with Gasteiger partial charge in [-0.25, -0.2) is 0 Å². The Hall–Kier alpha value is -2.70. The van der Waals surface area contributed by atoms with Crippen LogP contribution < -0.4 is 14.8 Å². The summed E-state index contributed by atoms with van der Waals surface area (Å²) in [6, 6.07) is 10.6. The van der Waals surface area contributed by atoms with Crippen LogP contribution in [0.5, 0.6) is 11.5 Å². The van der Waals surface area contributed by atoms with E-state index in [1.54, 1.807) is 24.3 Å². The van der Waals surface area contributed by atoms with Crippen molar-refractivity contribution in [1.29, 1.82) is 0 Å². The summed E-state index contributed by atoms with van der Waals surface area (Å²) >= 11 is 0. The minimum atomic E-state index is -4.79. The highest BCUT2D eigenvalue weighted by molar-refractivity contribution is 5.94. The maximum Gasteiger partial charge on any atom is 0.573 e. The van der Waals surface area contributed by atoms with Crippen LogP contribution in [0.2, 0.25) is 0 Å². The van der Waals surface area contributed by atoms with E-state index in [1.807, 2.05) is 6.92 Å². The molecule has 2 rings (SSSR count). The van der Waals surface area contributed by atoms with Gasteiger partial charge in [0.1, 0.15) is 11.5 Å². The van der Waals surface area contributed by atoms with Crippen molar-refractivity contribution in [3.63, 3.8) is 0 Å². The average molecular weight is 339 g/mol. The zero-order valence-corrected chi connectivity index (χ0v) is 13.1. The quantitative estimate of drug-likeness (QED) is 0.900. The SMILES string of the molecule is COc1cc(C(=O)NCc2ccccc2OC(F)(F)F)ccc1C. The monoisotopic (exact) mass is 339 g/mol. The summed E-state index contributed by atoms with van der Waals surface area (Å²) < 4.78 is 46.2. The van der Waals surface area contributed by atoms with Gasteiger partial charge in [-0.3, -0.25) is 4.79 Å². The average Bonchev–Trinajstić information content (AvgIpc) is 2.52. The van der Waals surface area contributed by atoms with Crippen molar-refractivity contribution in [3.05, 3.63) is 59.2 Å². The van der Waals surface area contributed by atoms with Gasteiger partial charge >= 0.3 is 6.36 Å². The van der Waals surface area contributed by atoms with Crippen LogP contribution in [0.15, 0.2) is 42.5 Å². The number of methoxy groups -OCH3 is 1. The van der Waals surface area contributed by atoms with E-state index < -0.39 is 12.3 Å². The van der Waals surface area contributed by atoms with Crippen molar-refractivity contribution in [2.24, 2.45) is 0 Å². The molecule has 0 aliphatic rings. The first-order valence-electron chi connectivity index (χ1n) is 7.06. The van der Waals surface area contributed by atoms with Crippen LogP contribution >= 0.6 is 0 Å². The van der Waals surface area contributed by atoms with Gasteiger partial charge in [-0.1, -0.05) is 24.3 Å². The third kappa shape index (κ3) is 4.65. The van der Waals surface area contributed by atoms with Crippen LogP contribution in [0, 0.1) is 6.92 Å². The summed E-state index contributed by atoms with van der Waals surface area (Å²) in [5, 5.41) is 2.57. The predicted octanol–water partition coefficient (Wildman–Crippen LogP) is 3.83. The van der Waals surface area contributed by atoms with Crippen molar-refractivity contribution < 1.29 is 27.4 Å². The third-order valence-electron chi connectivity index (χ3n) is 3.31. The Labute approximate surface area is 137 Å². The highest BCUT2D eigenvalue weighted by Crippen LogP contribution is 2.26. The van der Waals surface area contributed by atoms with Crippen LogP contribution in [-0.4, -0.2) is 19.4 Å². The number of ether oxygens (including phenoxy) is 2. The zero-order chi connectivity index (χ0) is 17.7. The second kappa shape index (κ2) is 7.25. The number of para-hydroxylation sites is 1. The van der Waals surface area contributed by atoms with Gasteiger partial charge in [0, 0.05) is 17.7 Å². The molecular weight excluding hydrogens is 323 g/mol. The number of benzene rings is 2. The molecule has 0 heterocycles. The number of hydrogen-bond acceptors (Lipinski definition) is 3. The van der Waals surface area contributed by atoms with Gasteiger partial charge in [-0.15, -0.1) is 13.2 Å². The number of alkyl halides is 3.